The van der Waals surface area contributed by atoms with Crippen molar-refractivity contribution < 1.29 is 15.0 Å². The van der Waals surface area contributed by atoms with Gasteiger partial charge in [0.05, 0.1) is 6.10 Å². The summed E-state index contributed by atoms with van der Waals surface area (Å²) in [6.45, 7) is 0. The molecule has 70 valence electrons. The second kappa shape index (κ2) is 4.57. The van der Waals surface area contributed by atoms with Crippen LogP contribution in [-0.4, -0.2) is 21.2 Å². The van der Waals surface area contributed by atoms with E-state index in [9.17, 15) is 9.90 Å². The fraction of sp³-hybridized carbons (Fsp3) is 0.333. The Morgan fingerprint density at radius 1 is 1.46 bits per heavy atom. The Hall–Kier alpha value is -1.42. The smallest absolute Gasteiger partial charge is 0.303 e. The van der Waals surface area contributed by atoms with Crippen molar-refractivity contribution in [2.45, 2.75) is 18.9 Å². The molecule has 0 aliphatic carbocycles. The number of nitrogens with zero attached hydrogens (tertiary/aromatic N) is 1. The third-order valence-corrected chi connectivity index (χ3v) is 1.72. The van der Waals surface area contributed by atoms with Gasteiger partial charge in [-0.25, -0.2) is 0 Å². The number of aliphatic hydroxyl groups excluding tert-OH is 1. The summed E-state index contributed by atoms with van der Waals surface area (Å²) in [5, 5.41) is 17.9. The van der Waals surface area contributed by atoms with E-state index in [1.807, 2.05) is 0 Å². The van der Waals surface area contributed by atoms with Crippen LogP contribution in [0, 0.1) is 0 Å². The molecule has 4 heteroatoms. The van der Waals surface area contributed by atoms with Gasteiger partial charge in [0.2, 0.25) is 0 Å². The molecule has 13 heavy (non-hydrogen) atoms. The zero-order chi connectivity index (χ0) is 9.68. The van der Waals surface area contributed by atoms with Crippen LogP contribution in [0.15, 0.2) is 24.5 Å². The van der Waals surface area contributed by atoms with Crippen molar-refractivity contribution in [3.05, 3.63) is 30.1 Å². The average Bonchev–Trinajstić information content (AvgIpc) is 2.15. The van der Waals surface area contributed by atoms with Gasteiger partial charge < -0.3 is 10.2 Å². The SMILES string of the molecule is O=C(O)CCC(O)c1ccncc1. The topological polar surface area (TPSA) is 70.4 Å². The van der Waals surface area contributed by atoms with Crippen molar-refractivity contribution >= 4 is 5.97 Å². The largest absolute Gasteiger partial charge is 0.481 e. The fourth-order valence-corrected chi connectivity index (χ4v) is 1.01. The van der Waals surface area contributed by atoms with Crippen molar-refractivity contribution in [3.63, 3.8) is 0 Å². The molecular formula is C9H11NO3. The molecular weight excluding hydrogens is 170 g/mol. The average molecular weight is 181 g/mol. The van der Waals surface area contributed by atoms with Crippen molar-refractivity contribution in [1.29, 1.82) is 0 Å². The second-order valence-electron chi connectivity index (χ2n) is 2.73. The molecule has 2 N–H and O–H groups in total. The summed E-state index contributed by atoms with van der Waals surface area (Å²) in [6.07, 6.45) is 2.64. The first kappa shape index (κ1) is 9.67. The van der Waals surface area contributed by atoms with Crippen molar-refractivity contribution in [2.24, 2.45) is 0 Å². The van der Waals surface area contributed by atoms with Crippen molar-refractivity contribution in [3.8, 4) is 0 Å². The van der Waals surface area contributed by atoms with Crippen LogP contribution < -0.4 is 0 Å². The summed E-state index contributed by atoms with van der Waals surface area (Å²) in [5.74, 6) is -0.895. The van der Waals surface area contributed by atoms with Gasteiger partial charge in [-0.05, 0) is 24.1 Å². The van der Waals surface area contributed by atoms with Crippen molar-refractivity contribution in [1.82, 2.24) is 4.98 Å². The second-order valence-corrected chi connectivity index (χ2v) is 2.73. The van der Waals surface area contributed by atoms with Gasteiger partial charge in [0.25, 0.3) is 0 Å². The number of carboxylic acids is 1. The Labute approximate surface area is 75.9 Å². The van der Waals surface area contributed by atoms with Gasteiger partial charge in [0.15, 0.2) is 0 Å². The van der Waals surface area contributed by atoms with Crippen LogP contribution in [0.5, 0.6) is 0 Å². The molecule has 0 aliphatic rings. The number of pyridine rings is 1. The van der Waals surface area contributed by atoms with Gasteiger partial charge in [-0.15, -0.1) is 0 Å². The van der Waals surface area contributed by atoms with E-state index in [4.69, 9.17) is 5.11 Å². The monoisotopic (exact) mass is 181 g/mol. The summed E-state index contributed by atoms with van der Waals surface area (Å²) < 4.78 is 0. The lowest BCUT2D eigenvalue weighted by Crippen LogP contribution is -2.02. The molecule has 4 nitrogen and oxygen atoms in total. The number of aliphatic hydroxyl groups is 1. The Morgan fingerprint density at radius 2 is 2.08 bits per heavy atom. The molecule has 1 aromatic rings. The Morgan fingerprint density at radius 3 is 2.62 bits per heavy atom. The standard InChI is InChI=1S/C9H11NO3/c11-8(1-2-9(12)13)7-3-5-10-6-4-7/h3-6,8,11H,1-2H2,(H,12,13). The minimum Gasteiger partial charge on any atom is -0.481 e. The van der Waals surface area contributed by atoms with Crippen LogP contribution in [0.4, 0.5) is 0 Å². The van der Waals surface area contributed by atoms with Gasteiger partial charge in [-0.1, -0.05) is 0 Å². The summed E-state index contributed by atoms with van der Waals surface area (Å²) in [4.78, 5) is 14.0. The summed E-state index contributed by atoms with van der Waals surface area (Å²) >= 11 is 0. The van der Waals surface area contributed by atoms with Crippen LogP contribution in [0.2, 0.25) is 0 Å². The van der Waals surface area contributed by atoms with Gasteiger partial charge >= 0.3 is 5.97 Å². The number of carboxylic acid groups (broad SMARTS) is 1. The molecule has 0 spiro atoms. The number of aromatic nitrogens is 1. The van der Waals surface area contributed by atoms with Crippen LogP contribution in [0.1, 0.15) is 24.5 Å². The highest BCUT2D eigenvalue weighted by molar-refractivity contribution is 5.66. The lowest BCUT2D eigenvalue weighted by atomic mass is 10.1. The van der Waals surface area contributed by atoms with Crippen LogP contribution in [0.25, 0.3) is 0 Å². The summed E-state index contributed by atoms with van der Waals surface area (Å²) in [5.41, 5.74) is 0.705. The van der Waals surface area contributed by atoms with Gasteiger partial charge in [-0.3, -0.25) is 9.78 Å². The van der Waals surface area contributed by atoms with E-state index < -0.39 is 12.1 Å². The van der Waals surface area contributed by atoms with E-state index in [2.05, 4.69) is 4.98 Å². The third kappa shape index (κ3) is 3.21. The van der Waals surface area contributed by atoms with Crippen molar-refractivity contribution in [2.75, 3.05) is 0 Å². The molecule has 0 bridgehead atoms. The first-order valence-corrected chi connectivity index (χ1v) is 4.00. The Bertz CT molecular complexity index is 273. The zero-order valence-electron chi connectivity index (χ0n) is 7.05. The van der Waals surface area contributed by atoms with E-state index >= 15 is 0 Å². The third-order valence-electron chi connectivity index (χ3n) is 1.72. The number of carbonyl (C=O) groups is 1. The lowest BCUT2D eigenvalue weighted by Gasteiger charge is -2.07. The molecule has 1 aromatic heterocycles. The highest BCUT2D eigenvalue weighted by atomic mass is 16.4. The zero-order valence-corrected chi connectivity index (χ0v) is 7.05. The summed E-state index contributed by atoms with van der Waals surface area (Å²) in [6, 6.07) is 3.35. The summed E-state index contributed by atoms with van der Waals surface area (Å²) in [7, 11) is 0. The highest BCUT2D eigenvalue weighted by Gasteiger charge is 2.08. The number of hydrogen-bond donors (Lipinski definition) is 2. The minimum atomic E-state index is -0.895. The van der Waals surface area contributed by atoms with Crippen LogP contribution >= 0.6 is 0 Å². The molecule has 0 aliphatic heterocycles. The molecule has 1 atom stereocenters. The first-order valence-electron chi connectivity index (χ1n) is 4.00. The first-order chi connectivity index (χ1) is 6.20. The Balaban J connectivity index is 2.49. The molecule has 0 amide bonds. The molecule has 0 saturated carbocycles. The van der Waals surface area contributed by atoms with E-state index in [1.165, 1.54) is 0 Å². The molecule has 0 aromatic carbocycles. The molecule has 0 saturated heterocycles. The van der Waals surface area contributed by atoms with E-state index in [0.717, 1.165) is 0 Å². The Kier molecular flexibility index (Phi) is 3.40. The maximum absolute atomic E-state index is 10.2. The van der Waals surface area contributed by atoms with Crippen LogP contribution in [0.3, 0.4) is 0 Å². The molecule has 1 heterocycles. The maximum Gasteiger partial charge on any atom is 0.303 e. The number of hydrogen-bond acceptors (Lipinski definition) is 3. The lowest BCUT2D eigenvalue weighted by molar-refractivity contribution is -0.137. The molecule has 0 radical (unpaired) electrons. The van der Waals surface area contributed by atoms with E-state index in [-0.39, 0.29) is 12.8 Å². The van der Waals surface area contributed by atoms with Gasteiger partial charge in [0, 0.05) is 18.8 Å². The quantitative estimate of drug-likeness (QED) is 0.726. The predicted octanol–water partition coefficient (Wildman–Crippen LogP) is 0.980. The van der Waals surface area contributed by atoms with Crippen LogP contribution in [-0.2, 0) is 4.79 Å². The minimum absolute atomic E-state index is 0.0243. The normalized spacial score (nSPS) is 12.4. The molecule has 0 fully saturated rings. The van der Waals surface area contributed by atoms with Gasteiger partial charge in [-0.2, -0.15) is 0 Å². The van der Waals surface area contributed by atoms with E-state index in [0.29, 0.717) is 5.56 Å². The molecule has 1 unspecified atom stereocenters. The van der Waals surface area contributed by atoms with Gasteiger partial charge in [0.1, 0.15) is 0 Å². The highest BCUT2D eigenvalue weighted by Crippen LogP contribution is 2.16. The number of aliphatic carboxylic acids is 1. The number of rotatable bonds is 4. The fourth-order valence-electron chi connectivity index (χ4n) is 1.01. The maximum atomic E-state index is 10.2. The predicted molar refractivity (Wildman–Crippen MR) is 46.1 cm³/mol. The molecule has 1 rings (SSSR count). The van der Waals surface area contributed by atoms with E-state index in [1.54, 1.807) is 24.5 Å².